The van der Waals surface area contributed by atoms with Gasteiger partial charge in [0.15, 0.2) is 0 Å². The first-order valence-corrected chi connectivity index (χ1v) is 12.4. The molecule has 1 aliphatic rings. The molecular formula is C21H24N4O4S2. The zero-order valence-corrected chi connectivity index (χ0v) is 19.3. The Hall–Kier alpha value is -2.72. The lowest BCUT2D eigenvalue weighted by atomic mass is 10.1. The SMILES string of the molecule is Cc1cc(C)c(NS(=O)(=O)c2cc(-c3nnc(C(=O)N4CCCCC4)o3)cs2)c(C)c1. The van der Waals surface area contributed by atoms with Crippen molar-refractivity contribution in [1.29, 1.82) is 0 Å². The van der Waals surface area contributed by atoms with Crippen molar-refractivity contribution in [1.82, 2.24) is 15.1 Å². The van der Waals surface area contributed by atoms with Crippen LogP contribution in [0, 0.1) is 20.8 Å². The molecule has 4 rings (SSSR count). The third kappa shape index (κ3) is 4.49. The van der Waals surface area contributed by atoms with E-state index in [2.05, 4.69) is 14.9 Å². The molecule has 1 saturated heterocycles. The minimum atomic E-state index is -3.78. The average molecular weight is 461 g/mol. The molecule has 31 heavy (non-hydrogen) atoms. The van der Waals surface area contributed by atoms with E-state index in [1.807, 2.05) is 32.9 Å². The van der Waals surface area contributed by atoms with Crippen molar-refractivity contribution in [2.75, 3.05) is 17.8 Å². The van der Waals surface area contributed by atoms with E-state index in [0.29, 0.717) is 24.3 Å². The Morgan fingerprint density at radius 2 is 1.74 bits per heavy atom. The van der Waals surface area contributed by atoms with Crippen LogP contribution in [-0.2, 0) is 10.0 Å². The number of rotatable bonds is 5. The lowest BCUT2D eigenvalue weighted by molar-refractivity contribution is 0.0684. The average Bonchev–Trinajstić information content (AvgIpc) is 3.41. The van der Waals surface area contributed by atoms with Crippen LogP contribution in [0.1, 0.15) is 46.6 Å². The number of sulfonamides is 1. The van der Waals surface area contributed by atoms with Crippen molar-refractivity contribution in [3.63, 3.8) is 0 Å². The van der Waals surface area contributed by atoms with E-state index in [9.17, 15) is 13.2 Å². The first-order chi connectivity index (χ1) is 14.7. The Balaban J connectivity index is 1.54. The van der Waals surface area contributed by atoms with Gasteiger partial charge < -0.3 is 9.32 Å². The predicted molar refractivity (Wildman–Crippen MR) is 119 cm³/mol. The second-order valence-electron chi connectivity index (χ2n) is 7.80. The summed E-state index contributed by atoms with van der Waals surface area (Å²) in [6.45, 7) is 7.08. The maximum Gasteiger partial charge on any atom is 0.311 e. The van der Waals surface area contributed by atoms with E-state index >= 15 is 0 Å². The number of benzene rings is 1. The van der Waals surface area contributed by atoms with Gasteiger partial charge in [-0.2, -0.15) is 0 Å². The Kier molecular flexibility index (Phi) is 5.85. The molecule has 1 aliphatic heterocycles. The molecule has 10 heteroatoms. The number of aromatic nitrogens is 2. The Morgan fingerprint density at radius 3 is 2.42 bits per heavy atom. The molecule has 0 atom stereocenters. The number of carbonyl (C=O) groups excluding carboxylic acids is 1. The molecule has 1 fully saturated rings. The molecule has 164 valence electrons. The summed E-state index contributed by atoms with van der Waals surface area (Å²) in [5.74, 6) is -0.231. The van der Waals surface area contributed by atoms with Crippen molar-refractivity contribution < 1.29 is 17.6 Å². The lowest BCUT2D eigenvalue weighted by Crippen LogP contribution is -2.35. The fourth-order valence-electron chi connectivity index (χ4n) is 3.75. The fraction of sp³-hybridized carbons (Fsp3) is 0.381. The largest absolute Gasteiger partial charge is 0.412 e. The van der Waals surface area contributed by atoms with Gasteiger partial charge >= 0.3 is 11.8 Å². The molecule has 3 aromatic rings. The molecule has 1 aromatic carbocycles. The highest BCUT2D eigenvalue weighted by Crippen LogP contribution is 2.31. The summed E-state index contributed by atoms with van der Waals surface area (Å²) < 4.78 is 34.2. The summed E-state index contributed by atoms with van der Waals surface area (Å²) >= 11 is 1.06. The molecule has 1 N–H and O–H groups in total. The second kappa shape index (κ2) is 8.43. The van der Waals surface area contributed by atoms with Gasteiger partial charge in [0.1, 0.15) is 4.21 Å². The topological polar surface area (TPSA) is 105 Å². The second-order valence-corrected chi connectivity index (χ2v) is 10.6. The maximum atomic E-state index is 12.9. The minimum absolute atomic E-state index is 0.0727. The lowest BCUT2D eigenvalue weighted by Gasteiger charge is -2.24. The molecule has 0 saturated carbocycles. The summed E-state index contributed by atoms with van der Waals surface area (Å²) in [5.41, 5.74) is 3.83. The summed E-state index contributed by atoms with van der Waals surface area (Å²) in [6.07, 6.45) is 3.04. The van der Waals surface area contributed by atoms with E-state index in [1.54, 1.807) is 10.3 Å². The number of hydrogen-bond acceptors (Lipinski definition) is 7. The first kappa shape index (κ1) is 21.5. The van der Waals surface area contributed by atoms with Gasteiger partial charge in [0, 0.05) is 18.5 Å². The van der Waals surface area contributed by atoms with Crippen molar-refractivity contribution in [2.45, 2.75) is 44.2 Å². The smallest absolute Gasteiger partial charge is 0.311 e. The number of nitrogens with zero attached hydrogens (tertiary/aromatic N) is 3. The summed E-state index contributed by atoms with van der Waals surface area (Å²) in [7, 11) is -3.78. The number of amides is 1. The van der Waals surface area contributed by atoms with E-state index in [0.717, 1.165) is 47.3 Å². The van der Waals surface area contributed by atoms with Gasteiger partial charge in [0.2, 0.25) is 5.89 Å². The van der Waals surface area contributed by atoms with Crippen molar-refractivity contribution in [3.8, 4) is 11.5 Å². The number of piperidine rings is 1. The number of anilines is 1. The standard InChI is InChI=1S/C21H24N4O4S2/c1-13-9-14(2)18(15(3)10-13)24-31(27,28)17-11-16(12-30-17)19-22-23-20(29-19)21(26)25-7-5-4-6-8-25/h9-12,24H,4-8H2,1-3H3. The third-order valence-electron chi connectivity index (χ3n) is 5.25. The summed E-state index contributed by atoms with van der Waals surface area (Å²) in [4.78, 5) is 14.2. The number of hydrogen-bond donors (Lipinski definition) is 1. The fourth-order valence-corrected chi connectivity index (χ4v) is 6.11. The van der Waals surface area contributed by atoms with Crippen LogP contribution < -0.4 is 4.72 Å². The highest BCUT2D eigenvalue weighted by atomic mass is 32.2. The van der Waals surface area contributed by atoms with E-state index in [-0.39, 0.29) is 21.9 Å². The van der Waals surface area contributed by atoms with Gasteiger partial charge in [-0.25, -0.2) is 8.42 Å². The van der Waals surface area contributed by atoms with Crippen LogP contribution in [0.4, 0.5) is 5.69 Å². The zero-order valence-electron chi connectivity index (χ0n) is 17.6. The van der Waals surface area contributed by atoms with Crippen molar-refractivity contribution >= 4 is 33.0 Å². The summed E-state index contributed by atoms with van der Waals surface area (Å²) in [6, 6.07) is 5.35. The van der Waals surface area contributed by atoms with Gasteiger partial charge in [-0.05, 0) is 57.2 Å². The molecule has 8 nitrogen and oxygen atoms in total. The highest BCUT2D eigenvalue weighted by Gasteiger charge is 2.25. The van der Waals surface area contributed by atoms with Gasteiger partial charge in [-0.15, -0.1) is 21.5 Å². The van der Waals surface area contributed by atoms with Crippen molar-refractivity contribution in [2.24, 2.45) is 0 Å². The quantitative estimate of drug-likeness (QED) is 0.613. The van der Waals surface area contributed by atoms with E-state index < -0.39 is 10.0 Å². The predicted octanol–water partition coefficient (Wildman–Crippen LogP) is 4.15. The molecule has 0 bridgehead atoms. The van der Waals surface area contributed by atoms with Crippen LogP contribution in [0.3, 0.4) is 0 Å². The number of nitrogens with one attached hydrogen (secondary N) is 1. The molecule has 0 aliphatic carbocycles. The number of aryl methyl sites for hydroxylation is 3. The number of carbonyl (C=O) groups is 1. The first-order valence-electron chi connectivity index (χ1n) is 10.1. The van der Waals surface area contributed by atoms with Crippen LogP contribution >= 0.6 is 11.3 Å². The molecule has 0 spiro atoms. The monoisotopic (exact) mass is 460 g/mol. The Bertz CT molecular complexity index is 1200. The molecule has 2 aromatic heterocycles. The maximum absolute atomic E-state index is 12.9. The highest BCUT2D eigenvalue weighted by molar-refractivity contribution is 7.94. The molecular weight excluding hydrogens is 436 g/mol. The van der Waals surface area contributed by atoms with Crippen LogP contribution in [0.15, 0.2) is 32.2 Å². The van der Waals surface area contributed by atoms with Gasteiger partial charge in [0.05, 0.1) is 11.3 Å². The third-order valence-corrected chi connectivity index (χ3v) is 8.04. The molecule has 3 heterocycles. The zero-order chi connectivity index (χ0) is 22.2. The van der Waals surface area contributed by atoms with E-state index in [1.165, 1.54) is 6.07 Å². The minimum Gasteiger partial charge on any atom is -0.412 e. The van der Waals surface area contributed by atoms with Crippen LogP contribution in [0.25, 0.3) is 11.5 Å². The van der Waals surface area contributed by atoms with Gasteiger partial charge in [0.25, 0.3) is 10.0 Å². The number of thiophene rings is 1. The molecule has 0 unspecified atom stereocenters. The normalized spacial score (nSPS) is 14.6. The molecule has 0 radical (unpaired) electrons. The van der Waals surface area contributed by atoms with Crippen LogP contribution in [-0.4, -0.2) is 42.5 Å². The van der Waals surface area contributed by atoms with Crippen molar-refractivity contribution in [3.05, 3.63) is 46.2 Å². The van der Waals surface area contributed by atoms with Gasteiger partial charge in [-0.3, -0.25) is 9.52 Å². The number of likely N-dealkylation sites (tertiary alicyclic amines) is 1. The van der Waals surface area contributed by atoms with Crippen LogP contribution in [0.5, 0.6) is 0 Å². The van der Waals surface area contributed by atoms with Crippen LogP contribution in [0.2, 0.25) is 0 Å². The summed E-state index contributed by atoms with van der Waals surface area (Å²) in [5, 5.41) is 9.45. The molecule has 1 amide bonds. The van der Waals surface area contributed by atoms with E-state index in [4.69, 9.17) is 4.42 Å². The van der Waals surface area contributed by atoms with Gasteiger partial charge in [-0.1, -0.05) is 17.7 Å². The Morgan fingerprint density at radius 1 is 1.06 bits per heavy atom. The Labute approximate surface area is 185 Å².